The van der Waals surface area contributed by atoms with Crippen molar-refractivity contribution in [3.8, 4) is 11.3 Å². The Morgan fingerprint density at radius 1 is 1.09 bits per heavy atom. The normalized spacial score (nSPS) is 25.8. The first-order chi connectivity index (χ1) is 15.3. The van der Waals surface area contributed by atoms with Crippen LogP contribution in [-0.2, 0) is 4.74 Å². The van der Waals surface area contributed by atoms with E-state index < -0.39 is 53.8 Å². The standard InChI is InChI=1S/C21H20F3N3O4S/c1-10-3-2-4-12(5-10)32-21-20(30)18(19(29)16(9-28)31-21)27-8-15(25-26-27)11-6-13(22)17(24)14(23)7-11/h2-8,16,18-21,28-30H,9H2,1H3/t16?,18-,19-,20?,21+/m0/s1. The lowest BCUT2D eigenvalue weighted by Crippen LogP contribution is -2.55. The van der Waals surface area contributed by atoms with Crippen molar-refractivity contribution >= 4 is 11.8 Å². The third-order valence-electron chi connectivity index (χ3n) is 5.19. The van der Waals surface area contributed by atoms with Gasteiger partial charge in [0.05, 0.1) is 12.8 Å². The second-order valence-corrected chi connectivity index (χ2v) is 8.64. The summed E-state index contributed by atoms with van der Waals surface area (Å²) in [5, 5.41) is 39.0. The molecule has 1 aromatic heterocycles. The van der Waals surface area contributed by atoms with Gasteiger partial charge in [-0.05, 0) is 31.2 Å². The lowest BCUT2D eigenvalue weighted by atomic mass is 9.97. The molecule has 3 aromatic rings. The van der Waals surface area contributed by atoms with E-state index in [0.29, 0.717) is 0 Å². The van der Waals surface area contributed by atoms with Crippen LogP contribution in [0.25, 0.3) is 11.3 Å². The molecule has 1 aliphatic heterocycles. The van der Waals surface area contributed by atoms with Crippen LogP contribution in [0.1, 0.15) is 11.6 Å². The number of ether oxygens (including phenoxy) is 1. The maximum Gasteiger partial charge on any atom is 0.194 e. The molecule has 11 heteroatoms. The zero-order valence-electron chi connectivity index (χ0n) is 16.8. The number of halogens is 3. The molecular formula is C21H20F3N3O4S. The Bertz CT molecular complexity index is 1090. The molecule has 2 heterocycles. The van der Waals surface area contributed by atoms with Gasteiger partial charge in [0.25, 0.3) is 0 Å². The van der Waals surface area contributed by atoms with Gasteiger partial charge in [-0.1, -0.05) is 34.7 Å². The van der Waals surface area contributed by atoms with Gasteiger partial charge in [0.1, 0.15) is 35.5 Å². The van der Waals surface area contributed by atoms with Crippen molar-refractivity contribution in [2.24, 2.45) is 0 Å². The maximum absolute atomic E-state index is 13.6. The number of aliphatic hydroxyl groups excluding tert-OH is 3. The highest BCUT2D eigenvalue weighted by Gasteiger charge is 2.46. The molecule has 3 N–H and O–H groups in total. The van der Waals surface area contributed by atoms with Gasteiger partial charge < -0.3 is 20.1 Å². The number of benzene rings is 2. The van der Waals surface area contributed by atoms with E-state index in [0.717, 1.165) is 27.3 Å². The van der Waals surface area contributed by atoms with Crippen LogP contribution in [-0.4, -0.2) is 60.7 Å². The summed E-state index contributed by atoms with van der Waals surface area (Å²) in [4.78, 5) is 0.817. The van der Waals surface area contributed by atoms with Gasteiger partial charge in [-0.25, -0.2) is 17.9 Å². The van der Waals surface area contributed by atoms with Gasteiger partial charge in [-0.2, -0.15) is 0 Å². The molecule has 0 radical (unpaired) electrons. The van der Waals surface area contributed by atoms with E-state index in [2.05, 4.69) is 10.3 Å². The fourth-order valence-electron chi connectivity index (χ4n) is 3.56. The van der Waals surface area contributed by atoms with E-state index in [1.54, 1.807) is 0 Å². The maximum atomic E-state index is 13.6. The van der Waals surface area contributed by atoms with E-state index in [9.17, 15) is 28.5 Å². The first-order valence-electron chi connectivity index (χ1n) is 9.71. The Morgan fingerprint density at radius 3 is 2.47 bits per heavy atom. The topological polar surface area (TPSA) is 101 Å². The van der Waals surface area contributed by atoms with Crippen LogP contribution in [0.4, 0.5) is 13.2 Å². The first-order valence-corrected chi connectivity index (χ1v) is 10.6. The molecule has 5 atom stereocenters. The number of hydrogen-bond acceptors (Lipinski definition) is 7. The SMILES string of the molecule is Cc1cccc(S[C@H]2OC(CO)[C@H](O)[C@H](n3cc(-c4cc(F)c(F)c(F)c4)nn3)C2O)c1. The smallest absolute Gasteiger partial charge is 0.194 e. The van der Waals surface area contributed by atoms with Crippen molar-refractivity contribution in [1.29, 1.82) is 0 Å². The van der Waals surface area contributed by atoms with Gasteiger partial charge in [0, 0.05) is 10.5 Å². The predicted octanol–water partition coefficient (Wildman–Crippen LogP) is 2.44. The Labute approximate surface area is 185 Å². The summed E-state index contributed by atoms with van der Waals surface area (Å²) < 4.78 is 47.3. The summed E-state index contributed by atoms with van der Waals surface area (Å²) in [6.07, 6.45) is -2.36. The summed E-state index contributed by atoms with van der Waals surface area (Å²) in [6, 6.07) is 8.00. The first kappa shape index (κ1) is 22.7. The fraction of sp³-hybridized carbons (Fsp3) is 0.333. The van der Waals surface area contributed by atoms with Crippen molar-refractivity contribution in [3.05, 3.63) is 65.6 Å². The number of thioether (sulfide) groups is 1. The van der Waals surface area contributed by atoms with Crippen molar-refractivity contribution in [2.75, 3.05) is 6.61 Å². The molecule has 1 aliphatic rings. The minimum Gasteiger partial charge on any atom is -0.394 e. The van der Waals surface area contributed by atoms with Crippen molar-refractivity contribution in [1.82, 2.24) is 15.0 Å². The minimum atomic E-state index is -1.60. The molecule has 0 amide bonds. The predicted molar refractivity (Wildman–Crippen MR) is 109 cm³/mol. The Kier molecular flexibility index (Phi) is 6.54. The van der Waals surface area contributed by atoms with Crippen LogP contribution < -0.4 is 0 Å². The summed E-state index contributed by atoms with van der Waals surface area (Å²) >= 11 is 1.22. The molecule has 1 fully saturated rings. The van der Waals surface area contributed by atoms with Crippen LogP contribution in [0.2, 0.25) is 0 Å². The zero-order valence-corrected chi connectivity index (χ0v) is 17.6. The second kappa shape index (κ2) is 9.20. The fourth-order valence-corrected chi connectivity index (χ4v) is 4.74. The largest absolute Gasteiger partial charge is 0.394 e. The van der Waals surface area contributed by atoms with Gasteiger partial charge in [-0.15, -0.1) is 5.10 Å². The molecule has 2 unspecified atom stereocenters. The number of aromatic nitrogens is 3. The Balaban J connectivity index is 1.64. The van der Waals surface area contributed by atoms with Gasteiger partial charge in [0.2, 0.25) is 0 Å². The highest BCUT2D eigenvalue weighted by molar-refractivity contribution is 7.99. The summed E-state index contributed by atoms with van der Waals surface area (Å²) in [7, 11) is 0. The number of rotatable bonds is 5. The summed E-state index contributed by atoms with van der Waals surface area (Å²) in [5.41, 5.74) is 0.108. The van der Waals surface area contributed by atoms with E-state index in [4.69, 9.17) is 4.74 Å². The lowest BCUT2D eigenvalue weighted by Gasteiger charge is -2.41. The molecule has 170 valence electrons. The molecule has 32 heavy (non-hydrogen) atoms. The summed E-state index contributed by atoms with van der Waals surface area (Å²) in [5.74, 6) is -4.36. The third-order valence-corrected chi connectivity index (χ3v) is 6.33. The van der Waals surface area contributed by atoms with Crippen molar-refractivity contribution in [3.63, 3.8) is 0 Å². The molecule has 0 bridgehead atoms. The number of aliphatic hydroxyl groups is 3. The number of nitrogens with zero attached hydrogens (tertiary/aromatic N) is 3. The quantitative estimate of drug-likeness (QED) is 0.496. The minimum absolute atomic E-state index is 0.0112. The molecule has 4 rings (SSSR count). The molecule has 7 nitrogen and oxygen atoms in total. The van der Waals surface area contributed by atoms with Crippen LogP contribution in [0, 0.1) is 24.4 Å². The highest BCUT2D eigenvalue weighted by atomic mass is 32.2. The third kappa shape index (κ3) is 4.39. The van der Waals surface area contributed by atoms with E-state index in [1.165, 1.54) is 18.0 Å². The number of aryl methyl sites for hydroxylation is 1. The molecule has 0 aliphatic carbocycles. The molecule has 2 aromatic carbocycles. The molecule has 0 saturated carbocycles. The average molecular weight is 467 g/mol. The zero-order chi connectivity index (χ0) is 23.0. The van der Waals surface area contributed by atoms with Gasteiger partial charge >= 0.3 is 0 Å². The monoisotopic (exact) mass is 467 g/mol. The molecule has 0 spiro atoms. The Morgan fingerprint density at radius 2 is 1.81 bits per heavy atom. The molecular weight excluding hydrogens is 447 g/mol. The van der Waals surface area contributed by atoms with Crippen LogP contribution in [0.15, 0.2) is 47.5 Å². The van der Waals surface area contributed by atoms with Crippen LogP contribution >= 0.6 is 11.8 Å². The highest BCUT2D eigenvalue weighted by Crippen LogP contribution is 2.38. The van der Waals surface area contributed by atoms with Crippen molar-refractivity contribution in [2.45, 2.75) is 41.6 Å². The molecule has 1 saturated heterocycles. The van der Waals surface area contributed by atoms with E-state index in [-0.39, 0.29) is 11.3 Å². The average Bonchev–Trinajstić information content (AvgIpc) is 3.23. The number of hydrogen-bond donors (Lipinski definition) is 3. The van der Waals surface area contributed by atoms with Crippen LogP contribution in [0.3, 0.4) is 0 Å². The van der Waals surface area contributed by atoms with E-state index in [1.807, 2.05) is 31.2 Å². The van der Waals surface area contributed by atoms with Crippen molar-refractivity contribution < 1.29 is 33.2 Å². The second-order valence-electron chi connectivity index (χ2n) is 7.47. The lowest BCUT2D eigenvalue weighted by molar-refractivity contribution is -0.178. The van der Waals surface area contributed by atoms with E-state index >= 15 is 0 Å². The van der Waals surface area contributed by atoms with Gasteiger partial charge in [-0.3, -0.25) is 0 Å². The van der Waals surface area contributed by atoms with Crippen LogP contribution in [0.5, 0.6) is 0 Å². The summed E-state index contributed by atoms with van der Waals surface area (Å²) in [6.45, 7) is 1.41. The van der Waals surface area contributed by atoms with Gasteiger partial charge in [0.15, 0.2) is 17.5 Å². The Hall–Kier alpha value is -2.44.